The van der Waals surface area contributed by atoms with Crippen LogP contribution in [-0.4, -0.2) is 5.94 Å². The van der Waals surface area contributed by atoms with Crippen LogP contribution >= 0.6 is 37.2 Å². The van der Waals surface area contributed by atoms with Gasteiger partial charge in [-0.05, 0) is 0 Å². The minimum atomic E-state index is -1.46. The van der Waals surface area contributed by atoms with E-state index in [0.29, 0.717) is 5.92 Å². The fourth-order valence-electron chi connectivity index (χ4n) is 4.01. The number of hydrogen-bond acceptors (Lipinski definition) is 0. The third kappa shape index (κ3) is 6.00. The van der Waals surface area contributed by atoms with Crippen LogP contribution in [-0.2, 0) is 18.4 Å². The molecule has 0 saturated carbocycles. The molecule has 0 amide bonds. The minimum absolute atomic E-state index is 0. The van der Waals surface area contributed by atoms with Gasteiger partial charge in [0.25, 0.3) is 0 Å². The van der Waals surface area contributed by atoms with Crippen LogP contribution in [0, 0.1) is 19.8 Å². The monoisotopic (exact) mass is 482 g/mol. The molecule has 0 aliphatic heterocycles. The van der Waals surface area contributed by atoms with E-state index in [1.807, 2.05) is 3.88 Å². The SMILES string of the molecule is CCC(C)[Si](C)([Ti][C]1=C(C)C(C)=C(C)C1C)c1cc(C)cc(C)c1.Cl.Cl.Cl. The molecule has 27 heavy (non-hydrogen) atoms. The van der Waals surface area contributed by atoms with Crippen LogP contribution in [0.2, 0.25) is 12.1 Å². The van der Waals surface area contributed by atoms with Gasteiger partial charge in [0, 0.05) is 0 Å². The summed E-state index contributed by atoms with van der Waals surface area (Å²) >= 11 is -0.107. The summed E-state index contributed by atoms with van der Waals surface area (Å²) in [6.07, 6.45) is 1.31. The third-order valence-electron chi connectivity index (χ3n) is 6.45. The molecule has 154 valence electrons. The van der Waals surface area contributed by atoms with Gasteiger partial charge in [-0.3, -0.25) is 0 Å². The van der Waals surface area contributed by atoms with Crippen LogP contribution in [0.25, 0.3) is 0 Å². The maximum absolute atomic E-state index is 2.69. The van der Waals surface area contributed by atoms with Gasteiger partial charge in [-0.2, -0.15) is 0 Å². The van der Waals surface area contributed by atoms with Gasteiger partial charge in [-0.25, -0.2) is 0 Å². The van der Waals surface area contributed by atoms with Crippen LogP contribution in [0.3, 0.4) is 0 Å². The molecular weight excluding hydrogens is 447 g/mol. The molecule has 0 N–H and O–H groups in total. The van der Waals surface area contributed by atoms with Crippen LogP contribution in [0.15, 0.2) is 38.8 Å². The Labute approximate surface area is 195 Å². The van der Waals surface area contributed by atoms with E-state index < -0.39 is 5.94 Å². The van der Waals surface area contributed by atoms with Crippen molar-refractivity contribution in [2.24, 2.45) is 5.92 Å². The second-order valence-corrected chi connectivity index (χ2v) is 19.2. The number of aryl methyl sites for hydroxylation is 2. The molecule has 1 aliphatic rings. The molecule has 2 rings (SSSR count). The summed E-state index contributed by atoms with van der Waals surface area (Å²) in [6.45, 7) is 21.6. The Bertz CT molecular complexity index is 691. The van der Waals surface area contributed by atoms with E-state index >= 15 is 0 Å². The number of halogens is 3. The van der Waals surface area contributed by atoms with Crippen molar-refractivity contribution in [2.45, 2.75) is 73.9 Å². The van der Waals surface area contributed by atoms with Crippen LogP contribution < -0.4 is 5.19 Å². The van der Waals surface area contributed by atoms with E-state index in [9.17, 15) is 0 Å². The van der Waals surface area contributed by atoms with E-state index in [0.717, 1.165) is 5.54 Å². The van der Waals surface area contributed by atoms with Gasteiger partial charge in [0.05, 0.1) is 0 Å². The first kappa shape index (κ1) is 29.7. The first-order valence-corrected chi connectivity index (χ1v) is 15.1. The number of rotatable bonds is 5. The molecule has 0 heterocycles. The normalized spacial score (nSPS) is 19.5. The van der Waals surface area contributed by atoms with Crippen molar-refractivity contribution in [3.63, 3.8) is 0 Å². The smallest absolute Gasteiger partial charge is 0.147 e. The predicted octanol–water partition coefficient (Wildman–Crippen LogP) is 7.49. The number of hydrogen-bond donors (Lipinski definition) is 0. The minimum Gasteiger partial charge on any atom is -0.147 e. The molecule has 0 nitrogen and oxygen atoms in total. The second kappa shape index (κ2) is 11.6. The summed E-state index contributed by atoms with van der Waals surface area (Å²) < 4.78 is 1.85. The van der Waals surface area contributed by atoms with Crippen molar-refractivity contribution in [3.8, 4) is 0 Å². The Morgan fingerprint density at radius 2 is 1.41 bits per heavy atom. The number of benzene rings is 1. The van der Waals surface area contributed by atoms with Gasteiger partial charge in [0.2, 0.25) is 0 Å². The van der Waals surface area contributed by atoms with E-state index in [4.69, 9.17) is 0 Å². The molecule has 3 unspecified atom stereocenters. The topological polar surface area (TPSA) is 0 Å². The van der Waals surface area contributed by atoms with Gasteiger partial charge >= 0.3 is 159 Å². The Kier molecular flexibility index (Phi) is 12.8. The molecule has 1 aromatic rings. The largest absolute Gasteiger partial charge is 0.147 e. The molecule has 3 atom stereocenters. The fraction of sp³-hybridized carbons (Fsp3) is 0.545. The molecular formula is C22H37Cl3SiTi. The van der Waals surface area contributed by atoms with Crippen molar-refractivity contribution in [2.75, 3.05) is 0 Å². The Balaban J connectivity index is 0. The van der Waals surface area contributed by atoms with Gasteiger partial charge in [0.15, 0.2) is 0 Å². The molecule has 0 spiro atoms. The average Bonchev–Trinajstić information content (AvgIpc) is 2.70. The molecule has 0 radical (unpaired) electrons. The van der Waals surface area contributed by atoms with E-state index in [1.54, 1.807) is 21.9 Å². The van der Waals surface area contributed by atoms with Crippen molar-refractivity contribution < 1.29 is 18.4 Å². The molecule has 0 fully saturated rings. The van der Waals surface area contributed by atoms with Gasteiger partial charge < -0.3 is 0 Å². The van der Waals surface area contributed by atoms with Crippen molar-refractivity contribution in [1.82, 2.24) is 0 Å². The summed E-state index contributed by atoms with van der Waals surface area (Å²) in [6, 6.07) is 7.35. The zero-order chi connectivity index (χ0) is 18.2. The number of allylic oxidation sites excluding steroid dienone is 4. The van der Waals surface area contributed by atoms with Crippen molar-refractivity contribution in [3.05, 3.63) is 49.9 Å². The molecule has 0 bridgehead atoms. The average molecular weight is 484 g/mol. The maximum Gasteiger partial charge on any atom is -0.147 e. The first-order valence-electron chi connectivity index (χ1n) is 9.37. The van der Waals surface area contributed by atoms with E-state index in [1.165, 1.54) is 17.5 Å². The quantitative estimate of drug-likeness (QED) is 0.380. The Morgan fingerprint density at radius 1 is 0.926 bits per heavy atom. The summed E-state index contributed by atoms with van der Waals surface area (Å²) in [5, 5.41) is 1.71. The molecule has 5 heteroatoms. The Morgan fingerprint density at radius 3 is 1.78 bits per heavy atom. The Hall–Kier alpha value is 0.501. The molecule has 0 aromatic heterocycles. The third-order valence-corrected chi connectivity index (χ3v) is 19.7. The maximum atomic E-state index is 2.69. The van der Waals surface area contributed by atoms with E-state index in [2.05, 4.69) is 80.1 Å². The zero-order valence-corrected chi connectivity index (χ0v) is 23.3. The van der Waals surface area contributed by atoms with Crippen LogP contribution in [0.4, 0.5) is 0 Å². The summed E-state index contributed by atoms with van der Waals surface area (Å²) in [5.74, 6) is -0.772. The predicted molar refractivity (Wildman–Crippen MR) is 129 cm³/mol. The molecule has 1 aromatic carbocycles. The molecule has 0 saturated heterocycles. The van der Waals surface area contributed by atoms with Gasteiger partial charge in [-0.1, -0.05) is 0 Å². The van der Waals surface area contributed by atoms with E-state index in [-0.39, 0.29) is 55.6 Å². The summed E-state index contributed by atoms with van der Waals surface area (Å²) in [4.78, 5) is 0. The molecule has 1 aliphatic carbocycles. The fourth-order valence-corrected chi connectivity index (χ4v) is 16.4. The zero-order valence-electron chi connectivity index (χ0n) is 18.3. The summed E-state index contributed by atoms with van der Waals surface area (Å²) in [5.41, 5.74) is 8.55. The van der Waals surface area contributed by atoms with Crippen LogP contribution in [0.5, 0.6) is 0 Å². The van der Waals surface area contributed by atoms with Gasteiger partial charge in [-0.15, -0.1) is 37.2 Å². The van der Waals surface area contributed by atoms with Crippen LogP contribution in [0.1, 0.15) is 59.1 Å². The van der Waals surface area contributed by atoms with Gasteiger partial charge in [0.1, 0.15) is 0 Å². The second-order valence-electron chi connectivity index (χ2n) is 8.08. The standard InChI is InChI=1S/C13H21Si.C9H13.3ClH.Ti/c1-6-12(4)14(5)13-8-10(2)7-11(3)9-13;1-6-5-7(2)9(4)8(6)3;;;;/h7-9,12H,6H2,1-5H3;6H,1-4H3;3*1H;. The first-order chi connectivity index (χ1) is 11.1. The summed E-state index contributed by atoms with van der Waals surface area (Å²) in [7, 11) is 0. The van der Waals surface area contributed by atoms with Crippen molar-refractivity contribution in [1.29, 1.82) is 0 Å². The van der Waals surface area contributed by atoms with Crippen molar-refractivity contribution >= 4 is 48.3 Å².